The Hall–Kier alpha value is -0.240. The van der Waals surface area contributed by atoms with E-state index in [0.29, 0.717) is 15.6 Å². The van der Waals surface area contributed by atoms with Crippen LogP contribution in [0.4, 0.5) is 0 Å². The zero-order valence-electron chi connectivity index (χ0n) is 6.12. The fourth-order valence-electron chi connectivity index (χ4n) is 0.760. The van der Waals surface area contributed by atoms with Gasteiger partial charge in [-0.2, -0.15) is 0 Å². The molecule has 0 fully saturated rings. The zero-order chi connectivity index (χ0) is 9.30. The summed E-state index contributed by atoms with van der Waals surface area (Å²) >= 11 is 17.2. The molecule has 0 saturated heterocycles. The Morgan fingerprint density at radius 3 is 2.33 bits per heavy atom. The van der Waals surface area contributed by atoms with Crippen LogP contribution in [0.15, 0.2) is 6.07 Å². The Labute approximate surface area is 85.2 Å². The van der Waals surface area contributed by atoms with Gasteiger partial charge in [0.05, 0.1) is 10.0 Å². The summed E-state index contributed by atoms with van der Waals surface area (Å²) in [5, 5.41) is 0.929. The van der Waals surface area contributed by atoms with E-state index in [2.05, 4.69) is 0 Å². The second-order valence-electron chi connectivity index (χ2n) is 2.26. The van der Waals surface area contributed by atoms with Crippen LogP contribution in [0.1, 0.15) is 11.1 Å². The number of rotatable bonds is 1. The van der Waals surface area contributed by atoms with Crippen molar-refractivity contribution in [1.29, 1.82) is 0 Å². The first-order valence-electron chi connectivity index (χ1n) is 3.10. The van der Waals surface area contributed by atoms with Gasteiger partial charge in [0.15, 0.2) is 0 Å². The van der Waals surface area contributed by atoms with Gasteiger partial charge in [0.25, 0.3) is 0 Å². The first-order valence-corrected chi connectivity index (χ1v) is 4.23. The van der Waals surface area contributed by atoms with Crippen LogP contribution in [-0.4, -0.2) is 6.29 Å². The minimum atomic E-state index is 0.192. The van der Waals surface area contributed by atoms with E-state index in [9.17, 15) is 4.79 Å². The molecule has 0 N–H and O–H groups in total. The summed E-state index contributed by atoms with van der Waals surface area (Å²) < 4.78 is 0. The Morgan fingerprint density at radius 2 is 1.83 bits per heavy atom. The molecule has 0 atom stereocenters. The highest BCUT2D eigenvalue weighted by atomic mass is 35.5. The molecule has 1 radical (unpaired) electrons. The molecule has 0 aromatic heterocycles. The summed E-state index contributed by atoms with van der Waals surface area (Å²) in [6.45, 7) is 1.73. The molecular weight excluding hydrogens is 218 g/mol. The van der Waals surface area contributed by atoms with Crippen LogP contribution in [0.3, 0.4) is 0 Å². The number of carbonyl (C=O) groups excluding carboxylic acids is 1. The van der Waals surface area contributed by atoms with Crippen molar-refractivity contribution in [2.75, 3.05) is 0 Å². The van der Waals surface area contributed by atoms with E-state index < -0.39 is 0 Å². The van der Waals surface area contributed by atoms with Gasteiger partial charge in [-0.3, -0.25) is 4.79 Å². The van der Waals surface area contributed by atoms with Gasteiger partial charge in [0.1, 0.15) is 0 Å². The molecule has 1 rings (SSSR count). The molecule has 4 heteroatoms. The Kier molecular flexibility index (Phi) is 2.99. The van der Waals surface area contributed by atoms with E-state index in [-0.39, 0.29) is 10.6 Å². The normalized spacial score (nSPS) is 10.0. The third-order valence-electron chi connectivity index (χ3n) is 1.50. The molecule has 0 aliphatic carbocycles. The van der Waals surface area contributed by atoms with E-state index in [4.69, 9.17) is 34.8 Å². The van der Waals surface area contributed by atoms with Gasteiger partial charge < -0.3 is 0 Å². The van der Waals surface area contributed by atoms with Gasteiger partial charge in [-0.05, 0) is 18.6 Å². The summed E-state index contributed by atoms with van der Waals surface area (Å²) in [6.07, 6.45) is 1.65. The molecule has 1 aromatic rings. The maximum atomic E-state index is 10.3. The van der Waals surface area contributed by atoms with E-state index >= 15 is 0 Å². The van der Waals surface area contributed by atoms with Crippen molar-refractivity contribution in [3.63, 3.8) is 0 Å². The van der Waals surface area contributed by atoms with Crippen molar-refractivity contribution in [3.05, 3.63) is 32.3 Å². The summed E-state index contributed by atoms with van der Waals surface area (Å²) in [6, 6.07) is 1.44. The first kappa shape index (κ1) is 9.85. The molecule has 0 saturated carbocycles. The third-order valence-corrected chi connectivity index (χ3v) is 2.85. The van der Waals surface area contributed by atoms with Crippen molar-refractivity contribution in [2.45, 2.75) is 6.92 Å². The zero-order valence-corrected chi connectivity index (χ0v) is 8.39. The average Bonchev–Trinajstić information content (AvgIpc) is 2.08. The van der Waals surface area contributed by atoms with Crippen LogP contribution in [0.2, 0.25) is 15.1 Å². The molecular formula is C8H4Cl3O. The van der Waals surface area contributed by atoms with Gasteiger partial charge in [-0.15, -0.1) is 0 Å². The van der Waals surface area contributed by atoms with Crippen LogP contribution >= 0.6 is 34.8 Å². The molecule has 0 heterocycles. The van der Waals surface area contributed by atoms with Crippen LogP contribution in [0.5, 0.6) is 0 Å². The summed E-state index contributed by atoms with van der Waals surface area (Å²) in [5.41, 5.74) is 0.861. The van der Waals surface area contributed by atoms with E-state index in [1.54, 1.807) is 13.2 Å². The van der Waals surface area contributed by atoms with Crippen molar-refractivity contribution in [3.8, 4) is 0 Å². The second kappa shape index (κ2) is 3.65. The lowest BCUT2D eigenvalue weighted by atomic mass is 10.1. The largest absolute Gasteiger partial charge is 0.285 e. The fourth-order valence-corrected chi connectivity index (χ4v) is 1.45. The number of hydrogen-bond donors (Lipinski definition) is 0. The molecule has 0 aliphatic heterocycles. The number of benzene rings is 1. The fraction of sp³-hybridized carbons (Fsp3) is 0.125. The molecule has 63 valence electrons. The topological polar surface area (TPSA) is 17.1 Å². The maximum Gasteiger partial charge on any atom is 0.235 e. The van der Waals surface area contributed by atoms with E-state index in [1.165, 1.54) is 6.07 Å². The number of hydrogen-bond acceptors (Lipinski definition) is 1. The van der Waals surface area contributed by atoms with Gasteiger partial charge >= 0.3 is 0 Å². The highest BCUT2D eigenvalue weighted by molar-refractivity contribution is 6.45. The molecule has 12 heavy (non-hydrogen) atoms. The molecule has 0 bridgehead atoms. The summed E-state index contributed by atoms with van der Waals surface area (Å²) in [4.78, 5) is 10.3. The van der Waals surface area contributed by atoms with E-state index in [0.717, 1.165) is 0 Å². The van der Waals surface area contributed by atoms with Crippen molar-refractivity contribution in [2.24, 2.45) is 0 Å². The van der Waals surface area contributed by atoms with E-state index in [1.807, 2.05) is 0 Å². The SMILES string of the molecule is Cc1c(Cl)cc([C]=O)c(Cl)c1Cl. The van der Waals surface area contributed by atoms with Gasteiger partial charge in [0, 0.05) is 10.6 Å². The maximum absolute atomic E-state index is 10.3. The minimum Gasteiger partial charge on any atom is -0.285 e. The smallest absolute Gasteiger partial charge is 0.235 e. The quantitative estimate of drug-likeness (QED) is 0.666. The Bertz CT molecular complexity index is 334. The lowest BCUT2D eigenvalue weighted by molar-refractivity contribution is 0.563. The molecule has 1 nitrogen and oxygen atoms in total. The monoisotopic (exact) mass is 221 g/mol. The van der Waals surface area contributed by atoms with Crippen LogP contribution in [-0.2, 0) is 4.79 Å². The van der Waals surface area contributed by atoms with Crippen molar-refractivity contribution >= 4 is 41.1 Å². The highest BCUT2D eigenvalue weighted by Gasteiger charge is 2.10. The molecule has 0 aliphatic rings. The summed E-state index contributed by atoms with van der Waals surface area (Å²) in [5.74, 6) is 0. The second-order valence-corrected chi connectivity index (χ2v) is 3.42. The lowest BCUT2D eigenvalue weighted by Gasteiger charge is -2.04. The molecule has 1 aromatic carbocycles. The van der Waals surface area contributed by atoms with Crippen molar-refractivity contribution in [1.82, 2.24) is 0 Å². The predicted octanol–water partition coefficient (Wildman–Crippen LogP) is 3.41. The Balaban J connectivity index is 3.49. The molecule has 0 unspecified atom stereocenters. The third kappa shape index (κ3) is 1.58. The van der Waals surface area contributed by atoms with Gasteiger partial charge in [-0.1, -0.05) is 34.8 Å². The van der Waals surface area contributed by atoms with Crippen molar-refractivity contribution < 1.29 is 4.79 Å². The standard InChI is InChI=1S/C8H4Cl3O/c1-4-6(9)2-5(3-12)8(11)7(4)10/h2H,1H3. The first-order chi connectivity index (χ1) is 5.57. The van der Waals surface area contributed by atoms with Crippen LogP contribution < -0.4 is 0 Å². The minimum absolute atomic E-state index is 0.192. The average molecular weight is 222 g/mol. The van der Waals surface area contributed by atoms with Crippen LogP contribution in [0.25, 0.3) is 0 Å². The summed E-state index contributed by atoms with van der Waals surface area (Å²) in [7, 11) is 0. The molecule has 0 amide bonds. The predicted molar refractivity (Wildman–Crippen MR) is 51.0 cm³/mol. The lowest BCUT2D eigenvalue weighted by Crippen LogP contribution is -1.87. The Morgan fingerprint density at radius 1 is 1.25 bits per heavy atom. The molecule has 0 spiro atoms. The number of halogens is 3. The highest BCUT2D eigenvalue weighted by Crippen LogP contribution is 2.33. The van der Waals surface area contributed by atoms with Gasteiger partial charge in [-0.25, -0.2) is 0 Å². The van der Waals surface area contributed by atoms with Crippen LogP contribution in [0, 0.1) is 6.92 Å². The van der Waals surface area contributed by atoms with Gasteiger partial charge in [0.2, 0.25) is 6.29 Å².